The van der Waals surface area contributed by atoms with Crippen molar-refractivity contribution in [2.75, 3.05) is 38.2 Å². The first-order valence-electron chi connectivity index (χ1n) is 10.9. The number of likely N-dealkylation sites (N-methyl/N-ethyl adjacent to an activating group) is 1. The SMILES string of the molecule is Cc1ccc(Cn2c(N3CCCCC3)nc3c(CN(C)CCO)cc(Cl)cc32)cc1Cl. The number of anilines is 1. The van der Waals surface area contributed by atoms with Crippen LogP contribution in [0, 0.1) is 6.92 Å². The van der Waals surface area contributed by atoms with E-state index in [0.717, 1.165) is 51.8 Å². The largest absolute Gasteiger partial charge is 0.395 e. The van der Waals surface area contributed by atoms with Crippen LogP contribution >= 0.6 is 23.2 Å². The highest BCUT2D eigenvalue weighted by Crippen LogP contribution is 2.32. The van der Waals surface area contributed by atoms with Crippen molar-refractivity contribution in [2.45, 2.75) is 39.3 Å². The van der Waals surface area contributed by atoms with E-state index < -0.39 is 0 Å². The molecule has 0 unspecified atom stereocenters. The van der Waals surface area contributed by atoms with Gasteiger partial charge in [-0.2, -0.15) is 0 Å². The third kappa shape index (κ3) is 5.01. The average molecular weight is 461 g/mol. The highest BCUT2D eigenvalue weighted by atomic mass is 35.5. The predicted octanol–water partition coefficient (Wildman–Crippen LogP) is 5.11. The van der Waals surface area contributed by atoms with Crippen molar-refractivity contribution in [3.8, 4) is 0 Å². The van der Waals surface area contributed by atoms with Crippen LogP contribution in [-0.2, 0) is 13.1 Å². The Morgan fingerprint density at radius 1 is 1.10 bits per heavy atom. The molecule has 2 heterocycles. The van der Waals surface area contributed by atoms with E-state index in [9.17, 15) is 5.11 Å². The predicted molar refractivity (Wildman–Crippen MR) is 130 cm³/mol. The minimum atomic E-state index is 0.127. The molecule has 2 aromatic carbocycles. The summed E-state index contributed by atoms with van der Waals surface area (Å²) in [4.78, 5) is 9.62. The van der Waals surface area contributed by atoms with E-state index in [1.165, 1.54) is 19.3 Å². The summed E-state index contributed by atoms with van der Waals surface area (Å²) in [6, 6.07) is 10.3. The monoisotopic (exact) mass is 460 g/mol. The van der Waals surface area contributed by atoms with Gasteiger partial charge in [0.1, 0.15) is 0 Å². The van der Waals surface area contributed by atoms with E-state index in [1.54, 1.807) is 0 Å². The fourth-order valence-corrected chi connectivity index (χ4v) is 4.75. The molecule has 0 atom stereocenters. The Morgan fingerprint density at radius 3 is 2.58 bits per heavy atom. The van der Waals surface area contributed by atoms with E-state index in [4.69, 9.17) is 28.2 Å². The van der Waals surface area contributed by atoms with Gasteiger partial charge >= 0.3 is 0 Å². The Kier molecular flexibility index (Phi) is 7.07. The van der Waals surface area contributed by atoms with Crippen LogP contribution in [0.3, 0.4) is 0 Å². The van der Waals surface area contributed by atoms with Crippen LogP contribution < -0.4 is 4.90 Å². The van der Waals surface area contributed by atoms with Gasteiger partial charge in [-0.05, 0) is 68.1 Å². The van der Waals surface area contributed by atoms with Gasteiger partial charge in [-0.25, -0.2) is 4.98 Å². The maximum atomic E-state index is 9.30. The fourth-order valence-electron chi connectivity index (χ4n) is 4.31. The summed E-state index contributed by atoms with van der Waals surface area (Å²) >= 11 is 13.0. The van der Waals surface area contributed by atoms with E-state index >= 15 is 0 Å². The van der Waals surface area contributed by atoms with Crippen molar-refractivity contribution in [1.29, 1.82) is 0 Å². The van der Waals surface area contributed by atoms with Gasteiger partial charge in [0.2, 0.25) is 5.95 Å². The van der Waals surface area contributed by atoms with Gasteiger partial charge in [-0.3, -0.25) is 4.90 Å². The summed E-state index contributed by atoms with van der Waals surface area (Å²) in [7, 11) is 2.00. The summed E-state index contributed by atoms with van der Waals surface area (Å²) in [6.45, 7) is 6.17. The van der Waals surface area contributed by atoms with Crippen LogP contribution in [0.4, 0.5) is 5.95 Å². The highest BCUT2D eigenvalue weighted by molar-refractivity contribution is 6.31. The fraction of sp³-hybridized carbons (Fsp3) is 0.458. The molecule has 0 spiro atoms. The topological polar surface area (TPSA) is 44.5 Å². The number of hydrogen-bond donors (Lipinski definition) is 1. The van der Waals surface area contributed by atoms with Crippen molar-refractivity contribution in [2.24, 2.45) is 0 Å². The number of piperidine rings is 1. The summed E-state index contributed by atoms with van der Waals surface area (Å²) < 4.78 is 2.28. The molecule has 5 nitrogen and oxygen atoms in total. The number of aliphatic hydroxyl groups is 1. The number of benzene rings is 2. The third-order valence-corrected chi connectivity index (χ3v) is 6.64. The molecule has 1 N–H and O–H groups in total. The molecule has 1 saturated heterocycles. The number of halogens is 2. The smallest absolute Gasteiger partial charge is 0.206 e. The highest BCUT2D eigenvalue weighted by Gasteiger charge is 2.22. The molecule has 4 rings (SSSR count). The van der Waals surface area contributed by atoms with Gasteiger partial charge in [0.05, 0.1) is 24.2 Å². The Bertz CT molecular complexity index is 1060. The van der Waals surface area contributed by atoms with Gasteiger partial charge in [0.25, 0.3) is 0 Å². The minimum Gasteiger partial charge on any atom is -0.395 e. The average Bonchev–Trinajstić information content (AvgIpc) is 3.10. The summed E-state index contributed by atoms with van der Waals surface area (Å²) in [5.74, 6) is 1.000. The van der Waals surface area contributed by atoms with Crippen LogP contribution in [0.5, 0.6) is 0 Å². The standard InChI is InChI=1S/C24H30Cl2N4O/c1-17-6-7-18(12-21(17)26)15-30-22-14-20(25)13-19(16-28(2)10-11-31)23(22)27-24(30)29-8-4-3-5-9-29/h6-7,12-14,31H,3-5,8-11,15-16H2,1-2H3. The molecular formula is C24H30Cl2N4O. The maximum absolute atomic E-state index is 9.30. The van der Waals surface area contributed by atoms with E-state index in [1.807, 2.05) is 32.2 Å². The van der Waals surface area contributed by atoms with E-state index in [-0.39, 0.29) is 6.61 Å². The normalized spacial score (nSPS) is 14.7. The molecule has 1 aliphatic heterocycles. The van der Waals surface area contributed by atoms with Gasteiger partial charge in [0, 0.05) is 36.2 Å². The molecule has 0 radical (unpaired) electrons. The second-order valence-corrected chi connectivity index (χ2v) is 9.37. The first-order chi connectivity index (χ1) is 15.0. The van der Waals surface area contributed by atoms with E-state index in [0.29, 0.717) is 24.7 Å². The van der Waals surface area contributed by atoms with Crippen molar-refractivity contribution < 1.29 is 5.11 Å². The maximum Gasteiger partial charge on any atom is 0.206 e. The molecule has 0 saturated carbocycles. The number of rotatable bonds is 7. The molecule has 0 bridgehead atoms. The van der Waals surface area contributed by atoms with Gasteiger partial charge in [-0.1, -0.05) is 35.3 Å². The van der Waals surface area contributed by atoms with Gasteiger partial charge < -0.3 is 14.6 Å². The molecule has 1 fully saturated rings. The second kappa shape index (κ2) is 9.78. The number of hydrogen-bond acceptors (Lipinski definition) is 4. The van der Waals surface area contributed by atoms with Gasteiger partial charge in [0.15, 0.2) is 0 Å². The molecule has 1 aliphatic rings. The lowest BCUT2D eigenvalue weighted by Crippen LogP contribution is -2.32. The van der Waals surface area contributed by atoms with Crippen molar-refractivity contribution in [3.63, 3.8) is 0 Å². The van der Waals surface area contributed by atoms with Crippen LogP contribution in [0.25, 0.3) is 11.0 Å². The van der Waals surface area contributed by atoms with Crippen molar-refractivity contribution >= 4 is 40.2 Å². The Hall–Kier alpha value is -1.79. The second-order valence-electron chi connectivity index (χ2n) is 8.52. The lowest BCUT2D eigenvalue weighted by molar-refractivity contribution is 0.217. The minimum absolute atomic E-state index is 0.127. The zero-order valence-electron chi connectivity index (χ0n) is 18.2. The van der Waals surface area contributed by atoms with Crippen LogP contribution in [0.15, 0.2) is 30.3 Å². The summed E-state index contributed by atoms with van der Waals surface area (Å²) in [6.07, 6.45) is 3.65. The Morgan fingerprint density at radius 2 is 1.87 bits per heavy atom. The third-order valence-electron chi connectivity index (χ3n) is 6.02. The molecule has 7 heteroatoms. The van der Waals surface area contributed by atoms with Crippen LogP contribution in [0.1, 0.15) is 36.0 Å². The molecular weight excluding hydrogens is 431 g/mol. The Labute approximate surface area is 194 Å². The summed E-state index contributed by atoms with van der Waals surface area (Å²) in [5, 5.41) is 10.8. The zero-order valence-corrected chi connectivity index (χ0v) is 19.8. The number of aliphatic hydroxyl groups excluding tert-OH is 1. The lowest BCUT2D eigenvalue weighted by atomic mass is 10.1. The number of nitrogens with zero attached hydrogens (tertiary/aromatic N) is 4. The van der Waals surface area contributed by atoms with Crippen LogP contribution in [-0.4, -0.2) is 52.8 Å². The molecule has 3 aromatic rings. The van der Waals surface area contributed by atoms with Crippen molar-refractivity contribution in [1.82, 2.24) is 14.5 Å². The van der Waals surface area contributed by atoms with E-state index in [2.05, 4.69) is 26.5 Å². The first kappa shape index (κ1) is 22.4. The molecule has 0 aliphatic carbocycles. The Balaban J connectivity index is 1.82. The number of fused-ring (bicyclic) bond motifs is 1. The number of aromatic nitrogens is 2. The first-order valence-corrected chi connectivity index (χ1v) is 11.7. The molecule has 1 aromatic heterocycles. The van der Waals surface area contributed by atoms with Gasteiger partial charge in [-0.15, -0.1) is 0 Å². The summed E-state index contributed by atoms with van der Waals surface area (Å²) in [5.41, 5.74) is 5.32. The van der Waals surface area contributed by atoms with Crippen molar-refractivity contribution in [3.05, 3.63) is 57.1 Å². The molecule has 31 heavy (non-hydrogen) atoms. The molecule has 0 amide bonds. The lowest BCUT2D eigenvalue weighted by Gasteiger charge is -2.28. The quantitative estimate of drug-likeness (QED) is 0.531. The zero-order chi connectivity index (χ0) is 22.0. The molecule has 166 valence electrons. The number of aryl methyl sites for hydroxylation is 1. The number of imidazole rings is 1. The van der Waals surface area contributed by atoms with Crippen LogP contribution in [0.2, 0.25) is 10.0 Å².